The summed E-state index contributed by atoms with van der Waals surface area (Å²) in [7, 11) is 2.21. The third kappa shape index (κ3) is 4.83. The van der Waals surface area contributed by atoms with Gasteiger partial charge in [-0.3, -0.25) is 9.89 Å². The molecule has 3 fully saturated rings. The number of guanidine groups is 1. The molecule has 132 valence electrons. The monoisotopic (exact) mass is 321 g/mol. The number of likely N-dealkylation sites (tertiary alicyclic amines) is 2. The molecule has 23 heavy (non-hydrogen) atoms. The van der Waals surface area contributed by atoms with Gasteiger partial charge in [0.15, 0.2) is 5.96 Å². The van der Waals surface area contributed by atoms with Gasteiger partial charge in [0.05, 0.1) is 0 Å². The van der Waals surface area contributed by atoms with Crippen molar-refractivity contribution in [1.29, 1.82) is 0 Å². The van der Waals surface area contributed by atoms with Crippen LogP contribution in [0.15, 0.2) is 4.99 Å². The van der Waals surface area contributed by atoms with Crippen LogP contribution in [0.1, 0.15) is 45.4 Å². The summed E-state index contributed by atoms with van der Waals surface area (Å²) in [4.78, 5) is 9.99. The molecule has 5 heteroatoms. The molecular weight excluding hydrogens is 286 g/mol. The summed E-state index contributed by atoms with van der Waals surface area (Å²) in [6, 6.07) is 1.43. The van der Waals surface area contributed by atoms with E-state index in [0.717, 1.165) is 31.0 Å². The predicted octanol–water partition coefficient (Wildman–Crippen LogP) is 1.51. The van der Waals surface area contributed by atoms with Crippen molar-refractivity contribution in [3.8, 4) is 0 Å². The van der Waals surface area contributed by atoms with Crippen molar-refractivity contribution < 1.29 is 0 Å². The first kappa shape index (κ1) is 17.0. The van der Waals surface area contributed by atoms with E-state index in [0.29, 0.717) is 6.04 Å². The van der Waals surface area contributed by atoms with Crippen LogP contribution in [0.5, 0.6) is 0 Å². The van der Waals surface area contributed by atoms with Gasteiger partial charge in [-0.15, -0.1) is 0 Å². The molecule has 0 radical (unpaired) electrons. The first-order valence-corrected chi connectivity index (χ1v) is 9.72. The number of hydrogen-bond donors (Lipinski definition) is 2. The fourth-order valence-corrected chi connectivity index (χ4v) is 4.42. The van der Waals surface area contributed by atoms with E-state index in [9.17, 15) is 0 Å². The molecule has 1 aliphatic carbocycles. The molecule has 1 saturated carbocycles. The summed E-state index contributed by atoms with van der Waals surface area (Å²) < 4.78 is 0. The molecule has 0 bridgehead atoms. The zero-order valence-corrected chi connectivity index (χ0v) is 15.1. The predicted molar refractivity (Wildman–Crippen MR) is 97.0 cm³/mol. The highest BCUT2D eigenvalue weighted by molar-refractivity contribution is 5.80. The average molecular weight is 322 g/mol. The maximum atomic E-state index is 4.87. The second kappa shape index (κ2) is 8.34. The van der Waals surface area contributed by atoms with Crippen molar-refractivity contribution in [3.05, 3.63) is 0 Å². The summed E-state index contributed by atoms with van der Waals surface area (Å²) in [5, 5.41) is 7.12. The van der Waals surface area contributed by atoms with Gasteiger partial charge in [-0.05, 0) is 52.1 Å². The Balaban J connectivity index is 1.46. The van der Waals surface area contributed by atoms with Crippen LogP contribution >= 0.6 is 0 Å². The molecule has 5 nitrogen and oxygen atoms in total. The molecule has 0 amide bonds. The standard InChI is InChI=1S/C18H35N5/c1-3-19-18(20-12-15-8-10-22(2)13-15)21-16-9-11-23(14-16)17-6-4-5-7-17/h15-17H,3-14H2,1-2H3,(H2,19,20,21). The topological polar surface area (TPSA) is 42.9 Å². The largest absolute Gasteiger partial charge is 0.357 e. The van der Waals surface area contributed by atoms with Gasteiger partial charge in [0, 0.05) is 44.8 Å². The molecular formula is C18H35N5. The van der Waals surface area contributed by atoms with Gasteiger partial charge < -0.3 is 15.5 Å². The number of nitrogens with one attached hydrogen (secondary N) is 2. The van der Waals surface area contributed by atoms with E-state index in [1.807, 2.05) is 0 Å². The van der Waals surface area contributed by atoms with Gasteiger partial charge in [-0.25, -0.2) is 0 Å². The molecule has 2 heterocycles. The van der Waals surface area contributed by atoms with Crippen LogP contribution in [0, 0.1) is 5.92 Å². The molecule has 0 aromatic carbocycles. The SMILES string of the molecule is CCNC(=NCC1CCN(C)C1)NC1CCN(C2CCCC2)C1. The van der Waals surface area contributed by atoms with Gasteiger partial charge in [0.25, 0.3) is 0 Å². The van der Waals surface area contributed by atoms with Crippen molar-refractivity contribution in [2.75, 3.05) is 46.3 Å². The molecule has 0 spiro atoms. The van der Waals surface area contributed by atoms with E-state index in [2.05, 4.69) is 34.4 Å². The Morgan fingerprint density at radius 2 is 1.91 bits per heavy atom. The molecule has 2 atom stereocenters. The molecule has 3 aliphatic rings. The minimum atomic E-state index is 0.569. The highest BCUT2D eigenvalue weighted by atomic mass is 15.3. The second-order valence-electron chi connectivity index (χ2n) is 7.70. The molecule has 2 unspecified atom stereocenters. The molecule has 3 rings (SSSR count). The Kier molecular flexibility index (Phi) is 6.17. The summed E-state index contributed by atoms with van der Waals surface area (Å²) in [6.45, 7) is 8.93. The third-order valence-electron chi connectivity index (χ3n) is 5.74. The van der Waals surface area contributed by atoms with Crippen LogP contribution < -0.4 is 10.6 Å². The van der Waals surface area contributed by atoms with Gasteiger partial charge in [-0.2, -0.15) is 0 Å². The van der Waals surface area contributed by atoms with Crippen molar-refractivity contribution in [1.82, 2.24) is 20.4 Å². The fraction of sp³-hybridized carbons (Fsp3) is 0.944. The molecule has 2 N–H and O–H groups in total. The molecule has 2 aliphatic heterocycles. The Hall–Kier alpha value is -0.810. The summed E-state index contributed by atoms with van der Waals surface area (Å²) >= 11 is 0. The van der Waals surface area contributed by atoms with Crippen LogP contribution in [-0.2, 0) is 0 Å². The van der Waals surface area contributed by atoms with E-state index in [1.165, 1.54) is 64.7 Å². The molecule has 0 aromatic rings. The molecule has 0 aromatic heterocycles. The Labute approximate surface area is 141 Å². The highest BCUT2D eigenvalue weighted by Crippen LogP contribution is 2.26. The lowest BCUT2D eigenvalue weighted by molar-refractivity contribution is 0.242. The van der Waals surface area contributed by atoms with E-state index in [-0.39, 0.29) is 0 Å². The first-order chi connectivity index (χ1) is 11.2. The zero-order chi connectivity index (χ0) is 16.1. The van der Waals surface area contributed by atoms with Gasteiger partial charge in [-0.1, -0.05) is 12.8 Å². The van der Waals surface area contributed by atoms with E-state index in [4.69, 9.17) is 4.99 Å². The quantitative estimate of drug-likeness (QED) is 0.595. The van der Waals surface area contributed by atoms with Gasteiger partial charge >= 0.3 is 0 Å². The van der Waals surface area contributed by atoms with E-state index in [1.54, 1.807) is 0 Å². The van der Waals surface area contributed by atoms with Gasteiger partial charge in [0.1, 0.15) is 0 Å². The Bertz CT molecular complexity index is 391. The van der Waals surface area contributed by atoms with Gasteiger partial charge in [0.2, 0.25) is 0 Å². The fourth-order valence-electron chi connectivity index (χ4n) is 4.42. The van der Waals surface area contributed by atoms with E-state index < -0.39 is 0 Å². The zero-order valence-electron chi connectivity index (χ0n) is 15.1. The number of hydrogen-bond acceptors (Lipinski definition) is 3. The number of rotatable bonds is 5. The highest BCUT2D eigenvalue weighted by Gasteiger charge is 2.30. The lowest BCUT2D eigenvalue weighted by Gasteiger charge is -2.24. The second-order valence-corrected chi connectivity index (χ2v) is 7.70. The number of nitrogens with zero attached hydrogens (tertiary/aromatic N) is 3. The maximum absolute atomic E-state index is 4.87. The van der Waals surface area contributed by atoms with E-state index >= 15 is 0 Å². The van der Waals surface area contributed by atoms with Crippen molar-refractivity contribution in [2.45, 2.75) is 57.5 Å². The Morgan fingerprint density at radius 1 is 1.09 bits per heavy atom. The van der Waals surface area contributed by atoms with Crippen molar-refractivity contribution in [3.63, 3.8) is 0 Å². The lowest BCUT2D eigenvalue weighted by atomic mass is 10.1. The summed E-state index contributed by atoms with van der Waals surface area (Å²) in [6.07, 6.45) is 8.23. The average Bonchev–Trinajstić information content (AvgIpc) is 3.26. The first-order valence-electron chi connectivity index (χ1n) is 9.72. The van der Waals surface area contributed by atoms with Crippen LogP contribution in [0.2, 0.25) is 0 Å². The summed E-state index contributed by atoms with van der Waals surface area (Å²) in [5.74, 6) is 1.76. The lowest BCUT2D eigenvalue weighted by Crippen LogP contribution is -2.45. The third-order valence-corrected chi connectivity index (χ3v) is 5.74. The van der Waals surface area contributed by atoms with Crippen LogP contribution in [0.3, 0.4) is 0 Å². The van der Waals surface area contributed by atoms with Crippen LogP contribution in [0.4, 0.5) is 0 Å². The minimum absolute atomic E-state index is 0.569. The Morgan fingerprint density at radius 3 is 2.61 bits per heavy atom. The summed E-state index contributed by atoms with van der Waals surface area (Å²) in [5.41, 5.74) is 0. The van der Waals surface area contributed by atoms with Crippen molar-refractivity contribution >= 4 is 5.96 Å². The smallest absolute Gasteiger partial charge is 0.191 e. The number of aliphatic imine (C=N–C) groups is 1. The van der Waals surface area contributed by atoms with Crippen molar-refractivity contribution in [2.24, 2.45) is 10.9 Å². The molecule has 2 saturated heterocycles. The van der Waals surface area contributed by atoms with Crippen LogP contribution in [0.25, 0.3) is 0 Å². The maximum Gasteiger partial charge on any atom is 0.191 e. The van der Waals surface area contributed by atoms with Crippen LogP contribution in [-0.4, -0.2) is 74.2 Å². The normalized spacial score (nSPS) is 31.1. The minimum Gasteiger partial charge on any atom is -0.357 e.